The van der Waals surface area contributed by atoms with Crippen molar-refractivity contribution in [2.24, 2.45) is 0 Å². The number of aliphatic carboxylic acids is 1. The molecule has 0 aliphatic carbocycles. The van der Waals surface area contributed by atoms with Crippen molar-refractivity contribution >= 4 is 11.8 Å². The van der Waals surface area contributed by atoms with Crippen LogP contribution in [0.1, 0.15) is 12.1 Å². The van der Waals surface area contributed by atoms with Crippen LogP contribution in [0, 0.1) is 23.7 Å². The molecule has 1 aromatic heterocycles. The predicted octanol–water partition coefficient (Wildman–Crippen LogP) is 0.842. The van der Waals surface area contributed by atoms with Crippen molar-refractivity contribution < 1.29 is 9.90 Å². The molecule has 5 nitrogen and oxygen atoms in total. The van der Waals surface area contributed by atoms with E-state index in [1.807, 2.05) is 6.07 Å². The Morgan fingerprint density at radius 2 is 2.44 bits per heavy atom. The Morgan fingerprint density at radius 3 is 3.00 bits per heavy atom. The minimum absolute atomic E-state index is 0.0494. The predicted molar refractivity (Wildman–Crippen MR) is 57.4 cm³/mol. The van der Waals surface area contributed by atoms with Crippen molar-refractivity contribution in [2.75, 3.05) is 5.32 Å². The third-order valence-corrected chi connectivity index (χ3v) is 1.81. The number of terminal acetylenes is 1. The summed E-state index contributed by atoms with van der Waals surface area (Å²) in [5.41, 5.74) is 0.217. The van der Waals surface area contributed by atoms with Gasteiger partial charge in [0, 0.05) is 6.42 Å². The van der Waals surface area contributed by atoms with Crippen LogP contribution < -0.4 is 5.32 Å². The van der Waals surface area contributed by atoms with Crippen molar-refractivity contribution in [1.82, 2.24) is 4.98 Å². The third-order valence-electron chi connectivity index (χ3n) is 1.81. The molecule has 16 heavy (non-hydrogen) atoms. The number of nitrogens with zero attached hydrogens (tertiary/aromatic N) is 2. The fraction of sp³-hybridized carbons (Fsp3) is 0.182. The van der Waals surface area contributed by atoms with E-state index in [4.69, 9.17) is 16.8 Å². The third kappa shape index (κ3) is 3.00. The van der Waals surface area contributed by atoms with E-state index in [2.05, 4.69) is 16.2 Å². The van der Waals surface area contributed by atoms with Crippen LogP contribution in [-0.4, -0.2) is 22.1 Å². The average Bonchev–Trinajstić information content (AvgIpc) is 2.28. The van der Waals surface area contributed by atoms with Crippen LogP contribution in [0.3, 0.4) is 0 Å². The van der Waals surface area contributed by atoms with Gasteiger partial charge in [0.1, 0.15) is 23.6 Å². The lowest BCUT2D eigenvalue weighted by Crippen LogP contribution is -2.29. The molecule has 0 aliphatic heterocycles. The van der Waals surface area contributed by atoms with E-state index in [0.717, 1.165) is 0 Å². The van der Waals surface area contributed by atoms with Crippen molar-refractivity contribution in [1.29, 1.82) is 5.26 Å². The summed E-state index contributed by atoms with van der Waals surface area (Å²) in [4.78, 5) is 14.7. The SMILES string of the molecule is C#CCC(Nc1cccc(C#N)n1)C(=O)O. The summed E-state index contributed by atoms with van der Waals surface area (Å²) in [7, 11) is 0. The first kappa shape index (κ1) is 11.5. The lowest BCUT2D eigenvalue weighted by Gasteiger charge is -2.11. The lowest BCUT2D eigenvalue weighted by atomic mass is 10.2. The summed E-state index contributed by atoms with van der Waals surface area (Å²) in [6, 6.07) is 5.69. The number of nitriles is 1. The second-order valence-electron chi connectivity index (χ2n) is 2.96. The lowest BCUT2D eigenvalue weighted by molar-refractivity contribution is -0.137. The molecule has 0 saturated heterocycles. The van der Waals surface area contributed by atoms with Crippen LogP contribution in [0.5, 0.6) is 0 Å². The Bertz CT molecular complexity index is 471. The van der Waals surface area contributed by atoms with Gasteiger partial charge in [-0.1, -0.05) is 6.07 Å². The Hall–Kier alpha value is -2.53. The molecular formula is C11H9N3O2. The highest BCUT2D eigenvalue weighted by Crippen LogP contribution is 2.07. The zero-order valence-electron chi connectivity index (χ0n) is 8.34. The maximum atomic E-state index is 10.8. The maximum Gasteiger partial charge on any atom is 0.327 e. The first-order valence-corrected chi connectivity index (χ1v) is 4.47. The highest BCUT2D eigenvalue weighted by atomic mass is 16.4. The average molecular weight is 215 g/mol. The van der Waals surface area contributed by atoms with E-state index >= 15 is 0 Å². The summed E-state index contributed by atoms with van der Waals surface area (Å²) >= 11 is 0. The summed E-state index contributed by atoms with van der Waals surface area (Å²) < 4.78 is 0. The molecule has 1 unspecified atom stereocenters. The molecule has 0 spiro atoms. The quantitative estimate of drug-likeness (QED) is 0.727. The number of carboxylic acid groups (broad SMARTS) is 1. The number of hydrogen-bond donors (Lipinski definition) is 2. The van der Waals surface area contributed by atoms with Crippen LogP contribution in [0.4, 0.5) is 5.82 Å². The largest absolute Gasteiger partial charge is 0.480 e. The molecule has 0 bridgehead atoms. The first-order chi connectivity index (χ1) is 7.67. The summed E-state index contributed by atoms with van der Waals surface area (Å²) in [5.74, 6) is 1.53. The zero-order valence-corrected chi connectivity index (χ0v) is 8.34. The van der Waals surface area contributed by atoms with Gasteiger partial charge in [0.25, 0.3) is 0 Å². The van der Waals surface area contributed by atoms with Crippen molar-refractivity contribution in [3.63, 3.8) is 0 Å². The molecular weight excluding hydrogens is 206 g/mol. The number of anilines is 1. The highest BCUT2D eigenvalue weighted by molar-refractivity contribution is 5.77. The fourth-order valence-corrected chi connectivity index (χ4v) is 1.07. The van der Waals surface area contributed by atoms with E-state index in [9.17, 15) is 4.79 Å². The molecule has 0 radical (unpaired) electrons. The van der Waals surface area contributed by atoms with Crippen molar-refractivity contribution in [2.45, 2.75) is 12.5 Å². The van der Waals surface area contributed by atoms with E-state index in [1.54, 1.807) is 12.1 Å². The number of rotatable bonds is 4. The molecule has 1 aromatic rings. The fourth-order valence-electron chi connectivity index (χ4n) is 1.07. The van der Waals surface area contributed by atoms with Crippen LogP contribution in [0.2, 0.25) is 0 Å². The van der Waals surface area contributed by atoms with E-state index in [1.165, 1.54) is 6.07 Å². The first-order valence-electron chi connectivity index (χ1n) is 4.47. The molecule has 80 valence electrons. The van der Waals surface area contributed by atoms with Gasteiger partial charge in [0.05, 0.1) is 0 Å². The number of carbonyl (C=O) groups is 1. The Labute approximate surface area is 92.7 Å². The second-order valence-corrected chi connectivity index (χ2v) is 2.96. The Morgan fingerprint density at radius 1 is 1.69 bits per heavy atom. The van der Waals surface area contributed by atoms with Gasteiger partial charge in [0.15, 0.2) is 0 Å². The van der Waals surface area contributed by atoms with Gasteiger partial charge in [-0.15, -0.1) is 12.3 Å². The molecule has 1 atom stereocenters. The topological polar surface area (TPSA) is 86.0 Å². The van der Waals surface area contributed by atoms with Crippen molar-refractivity contribution in [3.05, 3.63) is 23.9 Å². The number of carboxylic acids is 1. The molecule has 0 aromatic carbocycles. The zero-order chi connectivity index (χ0) is 12.0. The number of pyridine rings is 1. The molecule has 0 amide bonds. The number of nitrogens with one attached hydrogen (secondary N) is 1. The summed E-state index contributed by atoms with van der Waals surface area (Å²) in [6.45, 7) is 0. The van der Waals surface area contributed by atoms with Gasteiger partial charge in [-0.3, -0.25) is 0 Å². The Kier molecular flexibility index (Phi) is 3.88. The minimum Gasteiger partial charge on any atom is -0.480 e. The molecule has 1 rings (SSSR count). The molecule has 2 N–H and O–H groups in total. The van der Waals surface area contributed by atoms with E-state index < -0.39 is 12.0 Å². The van der Waals surface area contributed by atoms with Crippen LogP contribution in [0.15, 0.2) is 18.2 Å². The minimum atomic E-state index is -1.05. The smallest absolute Gasteiger partial charge is 0.327 e. The maximum absolute atomic E-state index is 10.8. The molecule has 0 aliphatic rings. The van der Waals surface area contributed by atoms with Gasteiger partial charge in [-0.2, -0.15) is 5.26 Å². The van der Waals surface area contributed by atoms with Gasteiger partial charge in [-0.05, 0) is 12.1 Å². The van der Waals surface area contributed by atoms with Gasteiger partial charge in [0.2, 0.25) is 0 Å². The molecule has 0 saturated carbocycles. The molecule has 1 heterocycles. The van der Waals surface area contributed by atoms with E-state index in [-0.39, 0.29) is 12.1 Å². The van der Waals surface area contributed by atoms with Gasteiger partial charge in [-0.25, -0.2) is 9.78 Å². The monoisotopic (exact) mass is 215 g/mol. The van der Waals surface area contributed by atoms with Gasteiger partial charge >= 0.3 is 5.97 Å². The van der Waals surface area contributed by atoms with E-state index in [0.29, 0.717) is 5.82 Å². The molecule has 0 fully saturated rings. The summed E-state index contributed by atoms with van der Waals surface area (Å²) in [5, 5.41) is 20.1. The number of hydrogen-bond acceptors (Lipinski definition) is 4. The van der Waals surface area contributed by atoms with Crippen LogP contribution in [-0.2, 0) is 4.79 Å². The number of aromatic nitrogens is 1. The normalized spacial score (nSPS) is 10.9. The molecule has 5 heteroatoms. The van der Waals surface area contributed by atoms with Crippen LogP contribution >= 0.6 is 0 Å². The Balaban J connectivity index is 2.82. The van der Waals surface area contributed by atoms with Crippen molar-refractivity contribution in [3.8, 4) is 18.4 Å². The second kappa shape index (κ2) is 5.38. The van der Waals surface area contributed by atoms with Gasteiger partial charge < -0.3 is 10.4 Å². The van der Waals surface area contributed by atoms with Crippen LogP contribution in [0.25, 0.3) is 0 Å². The standard InChI is InChI=1S/C11H9N3O2/c1-2-4-9(11(15)16)14-10-6-3-5-8(7-12)13-10/h1,3,5-6,9H,4H2,(H,13,14)(H,15,16). The summed E-state index contributed by atoms with van der Waals surface area (Å²) in [6.07, 6.45) is 5.10. The highest BCUT2D eigenvalue weighted by Gasteiger charge is 2.16.